The Hall–Kier alpha value is -0.120. The molecule has 4 atom stereocenters. The lowest BCUT2D eigenvalue weighted by Crippen LogP contribution is -2.60. The van der Waals surface area contributed by atoms with Crippen LogP contribution in [-0.2, 0) is 0 Å². The molecule has 0 aromatic carbocycles. The molecule has 0 amide bonds. The molecule has 2 aliphatic rings. The summed E-state index contributed by atoms with van der Waals surface area (Å²) in [6.45, 7) is 11.0. The lowest BCUT2D eigenvalue weighted by molar-refractivity contribution is 0.0217. The van der Waals surface area contributed by atoms with Crippen molar-refractivity contribution in [3.63, 3.8) is 0 Å². The maximum absolute atomic E-state index is 3.47. The van der Waals surface area contributed by atoms with Gasteiger partial charge >= 0.3 is 0 Å². The van der Waals surface area contributed by atoms with Crippen LogP contribution < -0.4 is 5.32 Å². The van der Waals surface area contributed by atoms with Crippen molar-refractivity contribution in [3.8, 4) is 0 Å². The minimum atomic E-state index is 0.630. The van der Waals surface area contributed by atoms with E-state index in [0.29, 0.717) is 18.1 Å². The number of hydrogen-bond acceptors (Lipinski definition) is 3. The molecule has 0 radical (unpaired) electrons. The van der Waals surface area contributed by atoms with Crippen molar-refractivity contribution in [3.05, 3.63) is 0 Å². The molecule has 2 rings (SSSR count). The first-order chi connectivity index (χ1) is 8.17. The fourth-order valence-corrected chi connectivity index (χ4v) is 3.80. The third kappa shape index (κ3) is 2.67. The Morgan fingerprint density at radius 2 is 2.12 bits per heavy atom. The van der Waals surface area contributed by atoms with Crippen molar-refractivity contribution in [2.75, 3.05) is 26.7 Å². The summed E-state index contributed by atoms with van der Waals surface area (Å²) in [4.78, 5) is 5.44. The highest BCUT2D eigenvalue weighted by Gasteiger charge is 2.37. The van der Waals surface area contributed by atoms with E-state index >= 15 is 0 Å². The molecular formula is C14H29N3. The van der Waals surface area contributed by atoms with Gasteiger partial charge in [-0.2, -0.15) is 0 Å². The second-order valence-corrected chi connectivity index (χ2v) is 5.88. The van der Waals surface area contributed by atoms with Crippen LogP contribution in [0.4, 0.5) is 0 Å². The fourth-order valence-electron chi connectivity index (χ4n) is 3.80. The molecule has 0 spiro atoms. The van der Waals surface area contributed by atoms with Crippen LogP contribution in [0.1, 0.15) is 40.0 Å². The fraction of sp³-hybridized carbons (Fsp3) is 1.00. The third-order valence-electron chi connectivity index (χ3n) is 4.90. The number of piperazine rings is 1. The van der Waals surface area contributed by atoms with Gasteiger partial charge in [-0.3, -0.25) is 9.80 Å². The average Bonchev–Trinajstić information content (AvgIpc) is 2.76. The molecule has 0 saturated carbocycles. The van der Waals surface area contributed by atoms with Crippen molar-refractivity contribution >= 4 is 0 Å². The Bertz CT molecular complexity index is 240. The van der Waals surface area contributed by atoms with Crippen molar-refractivity contribution in [2.24, 2.45) is 0 Å². The van der Waals surface area contributed by atoms with E-state index in [1.807, 2.05) is 0 Å². The largest absolute Gasteiger partial charge is 0.315 e. The summed E-state index contributed by atoms with van der Waals surface area (Å²) in [6, 6.07) is 2.83. The van der Waals surface area contributed by atoms with Crippen LogP contribution in [0, 0.1) is 0 Å². The van der Waals surface area contributed by atoms with Crippen LogP contribution in [0.3, 0.4) is 0 Å². The van der Waals surface area contributed by atoms with E-state index in [1.165, 1.54) is 38.9 Å². The zero-order valence-electron chi connectivity index (χ0n) is 11.9. The van der Waals surface area contributed by atoms with Crippen LogP contribution in [0.25, 0.3) is 0 Å². The minimum Gasteiger partial charge on any atom is -0.315 e. The average molecular weight is 239 g/mol. The SMILES string of the molecule is CCC(NC)C(C)N1CC2CCCN2CC1C. The smallest absolute Gasteiger partial charge is 0.0224 e. The summed E-state index contributed by atoms with van der Waals surface area (Å²) in [6.07, 6.45) is 4.03. The quantitative estimate of drug-likeness (QED) is 0.803. The summed E-state index contributed by atoms with van der Waals surface area (Å²) >= 11 is 0. The molecule has 0 aliphatic carbocycles. The van der Waals surface area contributed by atoms with Crippen molar-refractivity contribution in [1.82, 2.24) is 15.1 Å². The molecular weight excluding hydrogens is 210 g/mol. The first-order valence-electron chi connectivity index (χ1n) is 7.34. The Labute approximate surface area is 107 Å². The lowest BCUT2D eigenvalue weighted by Gasteiger charge is -2.47. The molecule has 4 unspecified atom stereocenters. The molecule has 3 nitrogen and oxygen atoms in total. The summed E-state index contributed by atoms with van der Waals surface area (Å²) < 4.78 is 0. The molecule has 2 fully saturated rings. The van der Waals surface area contributed by atoms with Crippen LogP contribution in [0.5, 0.6) is 0 Å². The second-order valence-electron chi connectivity index (χ2n) is 5.88. The molecule has 0 aromatic heterocycles. The van der Waals surface area contributed by atoms with Crippen molar-refractivity contribution < 1.29 is 0 Å². The zero-order chi connectivity index (χ0) is 12.4. The second kappa shape index (κ2) is 5.68. The van der Waals surface area contributed by atoms with E-state index in [-0.39, 0.29) is 0 Å². The van der Waals surface area contributed by atoms with Gasteiger partial charge in [-0.1, -0.05) is 6.92 Å². The maximum atomic E-state index is 3.47. The first kappa shape index (κ1) is 13.3. The lowest BCUT2D eigenvalue weighted by atomic mass is 10.00. The highest BCUT2D eigenvalue weighted by atomic mass is 15.3. The zero-order valence-corrected chi connectivity index (χ0v) is 11.9. The summed E-state index contributed by atoms with van der Waals surface area (Å²) in [5, 5.41) is 3.47. The van der Waals surface area contributed by atoms with Crippen molar-refractivity contribution in [2.45, 2.75) is 64.2 Å². The number of nitrogens with zero attached hydrogens (tertiary/aromatic N) is 2. The topological polar surface area (TPSA) is 18.5 Å². The summed E-state index contributed by atoms with van der Waals surface area (Å²) in [5.74, 6) is 0. The molecule has 0 bridgehead atoms. The third-order valence-corrected chi connectivity index (χ3v) is 4.90. The molecule has 2 heterocycles. The van der Waals surface area contributed by atoms with Gasteiger partial charge in [0.2, 0.25) is 0 Å². The molecule has 2 aliphatic heterocycles. The predicted octanol–water partition coefficient (Wildman–Crippen LogP) is 1.54. The summed E-state index contributed by atoms with van der Waals surface area (Å²) in [7, 11) is 2.10. The van der Waals surface area contributed by atoms with Gasteiger partial charge in [0, 0.05) is 37.3 Å². The highest BCUT2D eigenvalue weighted by molar-refractivity contribution is 4.94. The predicted molar refractivity (Wildman–Crippen MR) is 73.4 cm³/mol. The molecule has 3 heteroatoms. The van der Waals surface area contributed by atoms with Crippen LogP contribution in [0.15, 0.2) is 0 Å². The Balaban J connectivity index is 1.99. The van der Waals surface area contributed by atoms with Gasteiger partial charge in [0.1, 0.15) is 0 Å². The molecule has 2 saturated heterocycles. The van der Waals surface area contributed by atoms with Gasteiger partial charge in [0.15, 0.2) is 0 Å². The molecule has 17 heavy (non-hydrogen) atoms. The van der Waals surface area contributed by atoms with Gasteiger partial charge in [-0.05, 0) is 46.7 Å². The Morgan fingerprint density at radius 3 is 2.76 bits per heavy atom. The number of nitrogens with one attached hydrogen (secondary N) is 1. The normalized spacial score (nSPS) is 34.6. The summed E-state index contributed by atoms with van der Waals surface area (Å²) in [5.41, 5.74) is 0. The number of fused-ring (bicyclic) bond motifs is 1. The maximum Gasteiger partial charge on any atom is 0.0224 e. The Kier molecular flexibility index (Phi) is 4.45. The van der Waals surface area contributed by atoms with Gasteiger partial charge in [-0.25, -0.2) is 0 Å². The number of hydrogen-bond donors (Lipinski definition) is 1. The van der Waals surface area contributed by atoms with Gasteiger partial charge in [0.25, 0.3) is 0 Å². The van der Waals surface area contributed by atoms with E-state index in [0.717, 1.165) is 6.04 Å². The highest BCUT2D eigenvalue weighted by Crippen LogP contribution is 2.26. The Morgan fingerprint density at radius 1 is 1.35 bits per heavy atom. The van der Waals surface area contributed by atoms with Gasteiger partial charge in [-0.15, -0.1) is 0 Å². The molecule has 1 N–H and O–H groups in total. The monoisotopic (exact) mass is 239 g/mol. The van der Waals surface area contributed by atoms with E-state index < -0.39 is 0 Å². The van der Waals surface area contributed by atoms with Crippen LogP contribution in [-0.4, -0.2) is 60.6 Å². The van der Waals surface area contributed by atoms with E-state index in [4.69, 9.17) is 0 Å². The number of likely N-dealkylation sites (N-methyl/N-ethyl adjacent to an activating group) is 1. The van der Waals surface area contributed by atoms with Crippen LogP contribution in [0.2, 0.25) is 0 Å². The van der Waals surface area contributed by atoms with E-state index in [9.17, 15) is 0 Å². The molecule has 0 aromatic rings. The van der Waals surface area contributed by atoms with E-state index in [2.05, 4.69) is 42.9 Å². The molecule has 100 valence electrons. The number of rotatable bonds is 4. The van der Waals surface area contributed by atoms with Gasteiger partial charge in [0.05, 0.1) is 0 Å². The van der Waals surface area contributed by atoms with E-state index in [1.54, 1.807) is 0 Å². The first-order valence-corrected chi connectivity index (χ1v) is 7.34. The minimum absolute atomic E-state index is 0.630. The van der Waals surface area contributed by atoms with Crippen molar-refractivity contribution in [1.29, 1.82) is 0 Å². The standard InChI is InChI=1S/C14H29N3/c1-5-14(15-4)12(3)17-10-13-7-6-8-16(13)9-11(17)2/h11-15H,5-10H2,1-4H3. The van der Waals surface area contributed by atoms with Gasteiger partial charge < -0.3 is 5.32 Å². The van der Waals surface area contributed by atoms with Crippen LogP contribution >= 0.6 is 0 Å².